The van der Waals surface area contributed by atoms with E-state index in [0.717, 1.165) is 22.7 Å². The van der Waals surface area contributed by atoms with E-state index in [1.54, 1.807) is 13.8 Å². The molecule has 0 radical (unpaired) electrons. The van der Waals surface area contributed by atoms with Crippen molar-refractivity contribution in [3.63, 3.8) is 0 Å². The third-order valence-corrected chi connectivity index (χ3v) is 7.19. The molecule has 1 aromatic carbocycles. The Bertz CT molecular complexity index is 1090. The number of benzene rings is 1. The van der Waals surface area contributed by atoms with Crippen molar-refractivity contribution < 1.29 is 23.1 Å². The van der Waals surface area contributed by atoms with E-state index in [2.05, 4.69) is 16.6 Å². The molecule has 0 aliphatic heterocycles. The number of aromatic nitrogens is 1. The van der Waals surface area contributed by atoms with Gasteiger partial charge in [-0.1, -0.05) is 30.5 Å². The van der Waals surface area contributed by atoms with Gasteiger partial charge in [0.1, 0.15) is 10.6 Å². The lowest BCUT2D eigenvalue weighted by Crippen LogP contribution is -2.26. The van der Waals surface area contributed by atoms with E-state index in [4.69, 9.17) is 5.73 Å². The summed E-state index contributed by atoms with van der Waals surface area (Å²) in [5.41, 5.74) is 6.75. The summed E-state index contributed by atoms with van der Waals surface area (Å²) in [6.07, 6.45) is -1.06. The number of allylic oxidation sites excluding steroid dienone is 1. The lowest BCUT2D eigenvalue weighted by molar-refractivity contribution is -0.139. The molecule has 2 aromatic rings. The van der Waals surface area contributed by atoms with Crippen molar-refractivity contribution in [2.45, 2.75) is 42.5 Å². The van der Waals surface area contributed by atoms with E-state index in [0.29, 0.717) is 34.3 Å². The van der Waals surface area contributed by atoms with E-state index in [1.165, 1.54) is 47.6 Å². The first-order valence-electron chi connectivity index (χ1n) is 10.2. The second-order valence-corrected chi connectivity index (χ2v) is 11.0. The molecule has 0 fully saturated rings. The van der Waals surface area contributed by atoms with E-state index in [-0.39, 0.29) is 0 Å². The third-order valence-electron chi connectivity index (χ3n) is 4.93. The van der Waals surface area contributed by atoms with Gasteiger partial charge in [-0.3, -0.25) is 4.79 Å². The lowest BCUT2D eigenvalue weighted by Gasteiger charge is -2.18. The topological polar surface area (TPSA) is 91.8 Å². The first kappa shape index (κ1) is 27.5. The van der Waals surface area contributed by atoms with Gasteiger partial charge in [-0.2, -0.15) is 13.2 Å². The predicted molar refractivity (Wildman–Crippen MR) is 132 cm³/mol. The maximum Gasteiger partial charge on any atom is 0.416 e. The fraction of sp³-hybridized carbons (Fsp3) is 0.348. The van der Waals surface area contributed by atoms with Crippen molar-refractivity contribution >= 4 is 40.9 Å². The molecule has 184 valence electrons. The van der Waals surface area contributed by atoms with Crippen molar-refractivity contribution in [2.75, 3.05) is 13.6 Å². The van der Waals surface area contributed by atoms with Crippen molar-refractivity contribution in [3.8, 4) is 0 Å². The Hall–Kier alpha value is -2.79. The zero-order valence-corrected chi connectivity index (χ0v) is 20.9. The largest absolute Gasteiger partial charge is 0.480 e. The Kier molecular flexibility index (Phi) is 8.96. The van der Waals surface area contributed by atoms with Gasteiger partial charge < -0.3 is 15.7 Å². The number of aliphatic carboxylic acids is 1. The average Bonchev–Trinajstić information content (AvgIpc) is 3.09. The Labute approximate surface area is 205 Å². The van der Waals surface area contributed by atoms with Crippen LogP contribution in [0.4, 0.5) is 13.2 Å². The lowest BCUT2D eigenvalue weighted by atomic mass is 10.1. The van der Waals surface area contributed by atoms with Crippen LogP contribution in [-0.2, 0) is 17.4 Å². The minimum atomic E-state index is -4.40. The molecule has 2 rings (SSSR count). The zero-order chi connectivity index (χ0) is 25.7. The number of carboxylic acid groups (broad SMARTS) is 1. The fourth-order valence-electron chi connectivity index (χ4n) is 2.65. The summed E-state index contributed by atoms with van der Waals surface area (Å²) in [4.78, 5) is 23.1. The molecular formula is C23H27F3N4O2S2. The van der Waals surface area contributed by atoms with Gasteiger partial charge in [0.05, 0.1) is 11.3 Å². The number of carbonyl (C=O) groups is 1. The number of aliphatic imine (C=N–C) groups is 1. The van der Waals surface area contributed by atoms with E-state index >= 15 is 0 Å². The summed E-state index contributed by atoms with van der Waals surface area (Å²) in [7, 11) is 1.81. The second-order valence-electron chi connectivity index (χ2n) is 7.94. The molecule has 0 aliphatic carbocycles. The molecule has 0 atom stereocenters. The van der Waals surface area contributed by atoms with Crippen LogP contribution in [0.3, 0.4) is 0 Å². The summed E-state index contributed by atoms with van der Waals surface area (Å²) in [6, 6.07) is 4.67. The highest BCUT2D eigenvalue weighted by Gasteiger charge is 2.31. The van der Waals surface area contributed by atoms with Crippen molar-refractivity contribution in [1.29, 1.82) is 0 Å². The van der Waals surface area contributed by atoms with Gasteiger partial charge >= 0.3 is 12.1 Å². The van der Waals surface area contributed by atoms with Gasteiger partial charge in [0.25, 0.3) is 0 Å². The molecule has 1 heterocycles. The van der Waals surface area contributed by atoms with Crippen LogP contribution in [0.2, 0.25) is 0 Å². The van der Waals surface area contributed by atoms with Crippen molar-refractivity contribution in [2.24, 2.45) is 10.7 Å². The molecule has 0 saturated heterocycles. The number of hydrogen-bond donors (Lipinski definition) is 2. The van der Waals surface area contributed by atoms with E-state index in [9.17, 15) is 23.1 Å². The molecule has 0 unspecified atom stereocenters. The highest BCUT2D eigenvalue weighted by molar-refractivity contribution is 8.03. The first-order chi connectivity index (χ1) is 15.7. The van der Waals surface area contributed by atoms with Crippen LogP contribution in [0, 0.1) is 6.92 Å². The van der Waals surface area contributed by atoms with Crippen LogP contribution in [0.5, 0.6) is 0 Å². The summed E-state index contributed by atoms with van der Waals surface area (Å²) < 4.78 is 38.0. The molecule has 34 heavy (non-hydrogen) atoms. The number of halogens is 3. The smallest absolute Gasteiger partial charge is 0.416 e. The van der Waals surface area contributed by atoms with Crippen LogP contribution in [0.1, 0.15) is 35.5 Å². The van der Waals surface area contributed by atoms with Gasteiger partial charge in [0, 0.05) is 42.9 Å². The van der Waals surface area contributed by atoms with Crippen LogP contribution < -0.4 is 5.73 Å². The van der Waals surface area contributed by atoms with Crippen molar-refractivity contribution in [3.05, 3.63) is 64.6 Å². The molecule has 0 saturated carbocycles. The van der Waals surface area contributed by atoms with Crippen LogP contribution in [0.25, 0.3) is 5.57 Å². The molecule has 11 heteroatoms. The fourth-order valence-corrected chi connectivity index (χ4v) is 5.18. The average molecular weight is 513 g/mol. The van der Waals surface area contributed by atoms with Gasteiger partial charge in [-0.15, -0.1) is 11.3 Å². The number of thioether (sulfide) groups is 1. The zero-order valence-electron chi connectivity index (χ0n) is 19.3. The van der Waals surface area contributed by atoms with Gasteiger partial charge in [0.2, 0.25) is 0 Å². The molecule has 6 nitrogen and oxygen atoms in total. The molecular weight excluding hydrogens is 485 g/mol. The Balaban J connectivity index is 1.99. The van der Waals surface area contributed by atoms with Crippen LogP contribution >= 0.6 is 23.1 Å². The number of carboxylic acids is 1. The van der Waals surface area contributed by atoms with E-state index < -0.39 is 22.5 Å². The minimum absolute atomic E-state index is 0.445. The van der Waals surface area contributed by atoms with Crippen LogP contribution in [-0.4, -0.2) is 45.5 Å². The second kappa shape index (κ2) is 11.1. The third kappa shape index (κ3) is 7.36. The SMILES string of the molecule is C=C(N=C/C(=C\N)c1ccc(C(F)(F)F)cc1)N(C)CCc1nc(SC(C)(C)C(=O)O)sc1C. The monoisotopic (exact) mass is 512 g/mol. The number of hydrogen-bond acceptors (Lipinski definition) is 7. The Morgan fingerprint density at radius 3 is 2.47 bits per heavy atom. The maximum absolute atomic E-state index is 12.8. The normalized spacial score (nSPS) is 12.9. The number of nitrogens with two attached hydrogens (primary N) is 1. The van der Waals surface area contributed by atoms with Crippen LogP contribution in [0.15, 0.2) is 52.2 Å². The van der Waals surface area contributed by atoms with Gasteiger partial charge in [0.15, 0.2) is 4.34 Å². The Morgan fingerprint density at radius 2 is 1.94 bits per heavy atom. The Morgan fingerprint density at radius 1 is 1.32 bits per heavy atom. The molecule has 0 bridgehead atoms. The number of likely N-dealkylation sites (N-methyl/N-ethyl adjacent to an activating group) is 1. The summed E-state index contributed by atoms with van der Waals surface area (Å²) in [6.45, 7) is 9.72. The quantitative estimate of drug-likeness (QED) is 0.325. The summed E-state index contributed by atoms with van der Waals surface area (Å²) in [5, 5.41) is 9.31. The molecule has 0 amide bonds. The minimum Gasteiger partial charge on any atom is -0.480 e. The van der Waals surface area contributed by atoms with Crippen molar-refractivity contribution in [1.82, 2.24) is 9.88 Å². The predicted octanol–water partition coefficient (Wildman–Crippen LogP) is 5.44. The number of nitrogens with zero attached hydrogens (tertiary/aromatic N) is 3. The van der Waals surface area contributed by atoms with Gasteiger partial charge in [-0.25, -0.2) is 9.98 Å². The molecule has 0 aliphatic rings. The standard InChI is InChI=1S/C23H27F3N4O2S2/c1-14-19(29-21(33-14)34-22(3,4)20(31)32)10-11-30(5)15(2)28-13-17(12-27)16-6-8-18(9-7-16)23(24,25)26/h6-9,12-13H,2,10-11,27H2,1,3-5H3,(H,31,32)/b17-12+,28-13?. The highest BCUT2D eigenvalue weighted by atomic mass is 32.2. The first-order valence-corrected chi connectivity index (χ1v) is 11.8. The van der Waals surface area contributed by atoms with E-state index in [1.807, 2.05) is 18.9 Å². The van der Waals surface area contributed by atoms with Gasteiger partial charge in [-0.05, 0) is 38.5 Å². The molecule has 3 N–H and O–H groups in total. The number of aryl methyl sites for hydroxylation is 1. The summed E-state index contributed by atoms with van der Waals surface area (Å²) >= 11 is 2.68. The number of thiazole rings is 1. The maximum atomic E-state index is 12.8. The summed E-state index contributed by atoms with van der Waals surface area (Å²) in [5.74, 6) is -0.455. The number of rotatable bonds is 10. The highest BCUT2D eigenvalue weighted by Crippen LogP contribution is 2.36. The number of alkyl halides is 3. The molecule has 1 aromatic heterocycles. The molecule has 0 spiro atoms.